The molecule has 14 heavy (non-hydrogen) atoms. The monoisotopic (exact) mass is 193 g/mol. The Morgan fingerprint density at radius 2 is 2.07 bits per heavy atom. The van der Waals surface area contributed by atoms with Crippen molar-refractivity contribution in [3.05, 3.63) is 29.8 Å². The second kappa shape index (κ2) is 4.77. The number of carbonyl (C=O) groups excluding carboxylic acids is 1. The van der Waals surface area contributed by atoms with Gasteiger partial charge in [0.25, 0.3) is 5.91 Å². The highest BCUT2D eigenvalue weighted by molar-refractivity contribution is 5.91. The average Bonchev–Trinajstić information content (AvgIpc) is 2.21. The highest BCUT2D eigenvalue weighted by Gasteiger charge is 2.14. The van der Waals surface area contributed by atoms with E-state index >= 15 is 0 Å². The number of rotatable bonds is 3. The molecule has 0 saturated heterocycles. The molecule has 0 atom stereocenters. The molecule has 1 rings (SSSR count). The van der Waals surface area contributed by atoms with E-state index in [-0.39, 0.29) is 5.91 Å². The SMILES string of the molecule is CCC(=O)N(OC)c1ccccc1C. The van der Waals surface area contributed by atoms with Crippen LogP contribution >= 0.6 is 0 Å². The molecule has 3 heteroatoms. The van der Waals surface area contributed by atoms with Crippen LogP contribution < -0.4 is 5.06 Å². The molecule has 1 amide bonds. The van der Waals surface area contributed by atoms with E-state index in [0.29, 0.717) is 6.42 Å². The van der Waals surface area contributed by atoms with Crippen molar-refractivity contribution < 1.29 is 9.63 Å². The van der Waals surface area contributed by atoms with Gasteiger partial charge in [-0.1, -0.05) is 25.1 Å². The molecule has 0 unspecified atom stereocenters. The second-order valence-electron chi connectivity index (χ2n) is 3.01. The quantitative estimate of drug-likeness (QED) is 0.689. The lowest BCUT2D eigenvalue weighted by atomic mass is 10.2. The van der Waals surface area contributed by atoms with Crippen molar-refractivity contribution in [3.8, 4) is 0 Å². The Hall–Kier alpha value is -1.35. The van der Waals surface area contributed by atoms with Gasteiger partial charge in [-0.2, -0.15) is 5.06 Å². The van der Waals surface area contributed by atoms with E-state index in [0.717, 1.165) is 11.3 Å². The summed E-state index contributed by atoms with van der Waals surface area (Å²) in [6, 6.07) is 7.64. The maximum Gasteiger partial charge on any atom is 0.250 e. The number of hydrogen-bond donors (Lipinski definition) is 0. The zero-order valence-electron chi connectivity index (χ0n) is 8.78. The summed E-state index contributed by atoms with van der Waals surface area (Å²) in [6.07, 6.45) is 0.433. The molecule has 0 aliphatic heterocycles. The lowest BCUT2D eigenvalue weighted by Crippen LogP contribution is -2.29. The normalized spacial score (nSPS) is 9.93. The second-order valence-corrected chi connectivity index (χ2v) is 3.01. The third-order valence-electron chi connectivity index (χ3n) is 2.05. The van der Waals surface area contributed by atoms with Gasteiger partial charge >= 0.3 is 0 Å². The highest BCUT2D eigenvalue weighted by atomic mass is 16.7. The standard InChI is InChI=1S/C11H15NO2/c1-4-11(13)12(14-3)10-8-6-5-7-9(10)2/h5-8H,4H2,1-3H3. The number of hydroxylamine groups is 1. The number of aryl methyl sites for hydroxylation is 1. The van der Waals surface area contributed by atoms with Gasteiger partial charge in [0, 0.05) is 6.42 Å². The van der Waals surface area contributed by atoms with Crippen molar-refractivity contribution in [2.45, 2.75) is 20.3 Å². The molecule has 0 heterocycles. The van der Waals surface area contributed by atoms with Gasteiger partial charge in [0.15, 0.2) is 0 Å². The molecule has 0 aromatic heterocycles. The van der Waals surface area contributed by atoms with Gasteiger partial charge in [-0.25, -0.2) is 0 Å². The Balaban J connectivity index is 3.01. The summed E-state index contributed by atoms with van der Waals surface area (Å²) in [5, 5.41) is 1.33. The number of carbonyl (C=O) groups is 1. The van der Waals surface area contributed by atoms with Crippen LogP contribution in [0.5, 0.6) is 0 Å². The molecule has 3 nitrogen and oxygen atoms in total. The first-order valence-corrected chi connectivity index (χ1v) is 4.63. The van der Waals surface area contributed by atoms with Crippen LogP contribution in [-0.4, -0.2) is 13.0 Å². The van der Waals surface area contributed by atoms with Crippen molar-refractivity contribution >= 4 is 11.6 Å². The maximum atomic E-state index is 11.5. The molecular formula is C11H15NO2. The number of anilines is 1. The van der Waals surface area contributed by atoms with Gasteiger partial charge in [0.05, 0.1) is 12.8 Å². The van der Waals surface area contributed by atoms with Gasteiger partial charge in [-0.3, -0.25) is 9.63 Å². The van der Waals surface area contributed by atoms with E-state index in [2.05, 4.69) is 0 Å². The Bertz CT molecular complexity index is 323. The predicted octanol–water partition coefficient (Wildman–Crippen LogP) is 2.30. The van der Waals surface area contributed by atoms with Gasteiger partial charge in [-0.05, 0) is 18.6 Å². The Kier molecular flexibility index (Phi) is 3.65. The number of para-hydroxylation sites is 1. The first-order chi connectivity index (χ1) is 6.70. The number of benzene rings is 1. The largest absolute Gasteiger partial charge is 0.272 e. The van der Waals surface area contributed by atoms with Crippen molar-refractivity contribution in [2.75, 3.05) is 12.2 Å². The zero-order chi connectivity index (χ0) is 10.6. The highest BCUT2D eigenvalue weighted by Crippen LogP contribution is 2.19. The summed E-state index contributed by atoms with van der Waals surface area (Å²) >= 11 is 0. The summed E-state index contributed by atoms with van der Waals surface area (Å²) in [4.78, 5) is 16.6. The lowest BCUT2D eigenvalue weighted by molar-refractivity contribution is -0.124. The summed E-state index contributed by atoms with van der Waals surface area (Å²) in [7, 11) is 1.50. The molecule has 0 aliphatic rings. The summed E-state index contributed by atoms with van der Waals surface area (Å²) < 4.78 is 0. The molecule has 0 N–H and O–H groups in total. The minimum atomic E-state index is -0.0400. The predicted molar refractivity (Wildman–Crippen MR) is 56.0 cm³/mol. The third kappa shape index (κ3) is 2.12. The zero-order valence-corrected chi connectivity index (χ0v) is 8.78. The van der Waals surface area contributed by atoms with Gasteiger partial charge < -0.3 is 0 Å². The summed E-state index contributed by atoms with van der Waals surface area (Å²) in [6.45, 7) is 3.76. The Morgan fingerprint density at radius 1 is 1.43 bits per heavy atom. The van der Waals surface area contributed by atoms with Gasteiger partial charge in [-0.15, -0.1) is 0 Å². The van der Waals surface area contributed by atoms with Crippen LogP contribution in [0.2, 0.25) is 0 Å². The molecule has 1 aromatic rings. The van der Waals surface area contributed by atoms with Crippen LogP contribution in [0.3, 0.4) is 0 Å². The van der Waals surface area contributed by atoms with Crippen molar-refractivity contribution in [3.63, 3.8) is 0 Å². The van der Waals surface area contributed by atoms with E-state index in [9.17, 15) is 4.79 Å². The smallest absolute Gasteiger partial charge is 0.250 e. The van der Waals surface area contributed by atoms with Crippen LogP contribution in [0.15, 0.2) is 24.3 Å². The fourth-order valence-electron chi connectivity index (χ4n) is 1.27. The molecule has 1 aromatic carbocycles. The number of nitrogens with zero attached hydrogens (tertiary/aromatic N) is 1. The summed E-state index contributed by atoms with van der Waals surface area (Å²) in [5.74, 6) is -0.0400. The topological polar surface area (TPSA) is 29.5 Å². The van der Waals surface area contributed by atoms with E-state index in [1.165, 1.54) is 12.2 Å². The van der Waals surface area contributed by atoms with Crippen LogP contribution in [0, 0.1) is 6.92 Å². The van der Waals surface area contributed by atoms with Crippen LogP contribution in [0.25, 0.3) is 0 Å². The maximum absolute atomic E-state index is 11.5. The van der Waals surface area contributed by atoms with Crippen molar-refractivity contribution in [1.29, 1.82) is 0 Å². The van der Waals surface area contributed by atoms with Crippen LogP contribution in [0.1, 0.15) is 18.9 Å². The Labute approximate surface area is 84.2 Å². The third-order valence-corrected chi connectivity index (χ3v) is 2.05. The van der Waals surface area contributed by atoms with E-state index < -0.39 is 0 Å². The Morgan fingerprint density at radius 3 is 2.57 bits per heavy atom. The van der Waals surface area contributed by atoms with Crippen molar-refractivity contribution in [2.24, 2.45) is 0 Å². The molecule has 0 spiro atoms. The fraction of sp³-hybridized carbons (Fsp3) is 0.364. The molecule has 0 saturated carbocycles. The van der Waals surface area contributed by atoms with Crippen LogP contribution in [0.4, 0.5) is 5.69 Å². The summed E-state index contributed by atoms with van der Waals surface area (Å²) in [5.41, 5.74) is 1.83. The van der Waals surface area contributed by atoms with Gasteiger partial charge in [0.2, 0.25) is 0 Å². The van der Waals surface area contributed by atoms with E-state index in [4.69, 9.17) is 4.84 Å². The molecule has 0 aliphatic carbocycles. The molecule has 0 bridgehead atoms. The van der Waals surface area contributed by atoms with Gasteiger partial charge in [0.1, 0.15) is 0 Å². The van der Waals surface area contributed by atoms with Crippen molar-refractivity contribution in [1.82, 2.24) is 0 Å². The number of amides is 1. The molecule has 76 valence electrons. The number of hydrogen-bond acceptors (Lipinski definition) is 2. The van der Waals surface area contributed by atoms with E-state index in [1.807, 2.05) is 38.1 Å². The van der Waals surface area contributed by atoms with Crippen LogP contribution in [-0.2, 0) is 9.63 Å². The molecule has 0 radical (unpaired) electrons. The molecular weight excluding hydrogens is 178 g/mol. The minimum absolute atomic E-state index is 0.0400. The lowest BCUT2D eigenvalue weighted by Gasteiger charge is -2.20. The van der Waals surface area contributed by atoms with E-state index in [1.54, 1.807) is 0 Å². The minimum Gasteiger partial charge on any atom is -0.272 e. The first kappa shape index (κ1) is 10.7. The average molecular weight is 193 g/mol. The first-order valence-electron chi connectivity index (χ1n) is 4.63. The molecule has 0 fully saturated rings. The fourth-order valence-corrected chi connectivity index (χ4v) is 1.27.